The Morgan fingerprint density at radius 1 is 1.16 bits per heavy atom. The third-order valence-corrected chi connectivity index (χ3v) is 4.21. The summed E-state index contributed by atoms with van der Waals surface area (Å²) in [4.78, 5) is 0. The minimum Gasteiger partial charge on any atom is -0.383 e. The van der Waals surface area contributed by atoms with E-state index in [2.05, 4.69) is 15.9 Å². The third kappa shape index (κ3) is 2.99. The standard InChI is InChI=1S/C15H13BrClFO/c1-8-5-9(2)7-10(6-8)15(19)13-12(18)4-3-11(16)14(13)17/h3-7,15,19H,1-2H3. The van der Waals surface area contributed by atoms with Crippen molar-refractivity contribution in [2.75, 3.05) is 0 Å². The van der Waals surface area contributed by atoms with Crippen LogP contribution in [0.5, 0.6) is 0 Å². The number of rotatable bonds is 2. The molecule has 0 heterocycles. The van der Waals surface area contributed by atoms with E-state index in [-0.39, 0.29) is 10.6 Å². The van der Waals surface area contributed by atoms with Crippen LogP contribution in [0, 0.1) is 19.7 Å². The van der Waals surface area contributed by atoms with Gasteiger partial charge in [0.05, 0.1) is 5.02 Å². The van der Waals surface area contributed by atoms with Crippen LogP contribution < -0.4 is 0 Å². The van der Waals surface area contributed by atoms with Crippen LogP contribution in [0.3, 0.4) is 0 Å². The number of aryl methyl sites for hydroxylation is 2. The van der Waals surface area contributed by atoms with Crippen molar-refractivity contribution in [3.8, 4) is 0 Å². The second-order valence-corrected chi connectivity index (χ2v) is 5.81. The van der Waals surface area contributed by atoms with E-state index in [1.54, 1.807) is 0 Å². The van der Waals surface area contributed by atoms with Crippen molar-refractivity contribution < 1.29 is 9.50 Å². The molecule has 0 aliphatic rings. The smallest absolute Gasteiger partial charge is 0.130 e. The van der Waals surface area contributed by atoms with Crippen LogP contribution in [0.25, 0.3) is 0 Å². The SMILES string of the molecule is Cc1cc(C)cc(C(O)c2c(F)ccc(Br)c2Cl)c1. The zero-order valence-corrected chi connectivity index (χ0v) is 12.9. The van der Waals surface area contributed by atoms with Crippen molar-refractivity contribution >= 4 is 27.5 Å². The Hall–Kier alpha value is -0.900. The molecule has 19 heavy (non-hydrogen) atoms. The number of benzene rings is 2. The summed E-state index contributed by atoms with van der Waals surface area (Å²) < 4.78 is 14.5. The van der Waals surface area contributed by atoms with Gasteiger partial charge < -0.3 is 5.11 Å². The summed E-state index contributed by atoms with van der Waals surface area (Å²) in [6, 6.07) is 8.46. The Balaban J connectivity index is 2.55. The van der Waals surface area contributed by atoms with Crippen LogP contribution in [-0.4, -0.2) is 5.11 Å². The molecule has 1 N–H and O–H groups in total. The molecule has 0 fully saturated rings. The number of aliphatic hydroxyl groups is 1. The first kappa shape index (κ1) is 14.5. The monoisotopic (exact) mass is 342 g/mol. The molecule has 4 heteroatoms. The van der Waals surface area contributed by atoms with Gasteiger partial charge in [-0.1, -0.05) is 40.9 Å². The summed E-state index contributed by atoms with van der Waals surface area (Å²) in [6.45, 7) is 3.87. The van der Waals surface area contributed by atoms with Crippen molar-refractivity contribution in [2.24, 2.45) is 0 Å². The summed E-state index contributed by atoms with van der Waals surface area (Å²) >= 11 is 9.32. The van der Waals surface area contributed by atoms with E-state index in [1.165, 1.54) is 12.1 Å². The largest absolute Gasteiger partial charge is 0.383 e. The second kappa shape index (κ2) is 5.61. The van der Waals surface area contributed by atoms with Gasteiger partial charge in [-0.25, -0.2) is 4.39 Å². The maximum atomic E-state index is 13.9. The van der Waals surface area contributed by atoms with Gasteiger partial charge in [-0.2, -0.15) is 0 Å². The molecule has 0 aliphatic heterocycles. The number of hydrogen-bond acceptors (Lipinski definition) is 1. The fourth-order valence-corrected chi connectivity index (χ4v) is 2.73. The van der Waals surface area contributed by atoms with Crippen molar-refractivity contribution in [2.45, 2.75) is 20.0 Å². The Morgan fingerprint density at radius 2 is 1.74 bits per heavy atom. The first-order chi connectivity index (χ1) is 8.90. The number of halogens is 3. The first-order valence-corrected chi connectivity index (χ1v) is 6.97. The van der Waals surface area contributed by atoms with E-state index in [9.17, 15) is 9.50 Å². The lowest BCUT2D eigenvalue weighted by atomic mass is 9.97. The molecular formula is C15H13BrClFO. The fourth-order valence-electron chi connectivity index (χ4n) is 2.13. The molecule has 0 saturated heterocycles. The van der Waals surface area contributed by atoms with Crippen LogP contribution in [0.4, 0.5) is 4.39 Å². The molecule has 1 nitrogen and oxygen atoms in total. The summed E-state index contributed by atoms with van der Waals surface area (Å²) in [6.07, 6.45) is -1.08. The van der Waals surface area contributed by atoms with Gasteiger partial charge in [0.1, 0.15) is 11.9 Å². The Bertz CT molecular complexity index is 608. The summed E-state index contributed by atoms with van der Waals surface area (Å²) in [5.74, 6) is -0.514. The van der Waals surface area contributed by atoms with Crippen LogP contribution in [-0.2, 0) is 0 Å². The highest BCUT2D eigenvalue weighted by molar-refractivity contribution is 9.10. The van der Waals surface area contributed by atoms with Crippen LogP contribution in [0.15, 0.2) is 34.8 Å². The summed E-state index contributed by atoms with van der Waals surface area (Å²) in [7, 11) is 0. The molecule has 1 unspecified atom stereocenters. The molecule has 2 aromatic rings. The van der Waals surface area contributed by atoms with E-state index in [1.807, 2.05) is 32.0 Å². The average Bonchev–Trinajstić information content (AvgIpc) is 2.33. The molecule has 0 aliphatic carbocycles. The molecule has 0 spiro atoms. The van der Waals surface area contributed by atoms with Gasteiger partial charge in [0.25, 0.3) is 0 Å². The van der Waals surface area contributed by atoms with Crippen molar-refractivity contribution in [3.63, 3.8) is 0 Å². The van der Waals surface area contributed by atoms with E-state index >= 15 is 0 Å². The lowest BCUT2D eigenvalue weighted by Crippen LogP contribution is -2.05. The van der Waals surface area contributed by atoms with Gasteiger partial charge in [0, 0.05) is 10.0 Å². The van der Waals surface area contributed by atoms with E-state index < -0.39 is 11.9 Å². The maximum Gasteiger partial charge on any atom is 0.130 e. The molecule has 2 rings (SSSR count). The molecule has 100 valence electrons. The minimum absolute atomic E-state index is 0.0982. The maximum absolute atomic E-state index is 13.9. The molecule has 2 aromatic carbocycles. The second-order valence-electron chi connectivity index (χ2n) is 4.58. The van der Waals surface area contributed by atoms with Crippen LogP contribution in [0.2, 0.25) is 5.02 Å². The van der Waals surface area contributed by atoms with Gasteiger partial charge in [-0.05, 0) is 47.5 Å². The Morgan fingerprint density at radius 3 is 2.32 bits per heavy atom. The highest BCUT2D eigenvalue weighted by atomic mass is 79.9. The van der Waals surface area contributed by atoms with Crippen LogP contribution in [0.1, 0.15) is 28.4 Å². The summed E-state index contributed by atoms with van der Waals surface area (Å²) in [5, 5.41) is 10.6. The molecule has 0 aromatic heterocycles. The average molecular weight is 344 g/mol. The van der Waals surface area contributed by atoms with Crippen molar-refractivity contribution in [1.29, 1.82) is 0 Å². The molecule has 0 amide bonds. The van der Waals surface area contributed by atoms with E-state index in [4.69, 9.17) is 11.6 Å². The van der Waals surface area contributed by atoms with Gasteiger partial charge in [-0.3, -0.25) is 0 Å². The topological polar surface area (TPSA) is 20.2 Å². The molecule has 0 bridgehead atoms. The highest BCUT2D eigenvalue weighted by Crippen LogP contribution is 2.35. The zero-order valence-electron chi connectivity index (χ0n) is 10.5. The number of hydrogen-bond donors (Lipinski definition) is 1. The van der Waals surface area contributed by atoms with Crippen molar-refractivity contribution in [3.05, 3.63) is 67.9 Å². The normalized spacial score (nSPS) is 12.5. The number of aliphatic hydroxyl groups excluding tert-OH is 1. The zero-order chi connectivity index (χ0) is 14.2. The van der Waals surface area contributed by atoms with Crippen molar-refractivity contribution in [1.82, 2.24) is 0 Å². The minimum atomic E-state index is -1.08. The van der Waals surface area contributed by atoms with Gasteiger partial charge in [0.15, 0.2) is 0 Å². The third-order valence-electron chi connectivity index (χ3n) is 2.91. The van der Waals surface area contributed by atoms with E-state index in [0.717, 1.165) is 11.1 Å². The molecule has 0 saturated carbocycles. The first-order valence-electron chi connectivity index (χ1n) is 5.80. The van der Waals surface area contributed by atoms with E-state index in [0.29, 0.717) is 10.0 Å². The fraction of sp³-hybridized carbons (Fsp3) is 0.200. The Labute approximate surface area is 125 Å². The lowest BCUT2D eigenvalue weighted by Gasteiger charge is -2.16. The van der Waals surface area contributed by atoms with Gasteiger partial charge in [0.2, 0.25) is 0 Å². The predicted octanol–water partition coefficient (Wildman–Crippen LogP) is 4.94. The van der Waals surface area contributed by atoms with Crippen LogP contribution >= 0.6 is 27.5 Å². The quantitative estimate of drug-likeness (QED) is 0.766. The Kier molecular flexibility index (Phi) is 4.29. The highest BCUT2D eigenvalue weighted by Gasteiger charge is 2.20. The molecule has 0 radical (unpaired) electrons. The summed E-state index contributed by atoms with van der Waals surface area (Å²) in [5.41, 5.74) is 2.76. The van der Waals surface area contributed by atoms with Gasteiger partial charge in [-0.15, -0.1) is 0 Å². The van der Waals surface area contributed by atoms with Gasteiger partial charge >= 0.3 is 0 Å². The lowest BCUT2D eigenvalue weighted by molar-refractivity contribution is 0.215. The molecular weight excluding hydrogens is 331 g/mol. The predicted molar refractivity (Wildman–Crippen MR) is 79.1 cm³/mol. The molecule has 1 atom stereocenters.